The molecule has 0 amide bonds. The van der Waals surface area contributed by atoms with Gasteiger partial charge in [-0.05, 0) is 50.9 Å². The van der Waals surface area contributed by atoms with E-state index in [-0.39, 0.29) is 5.12 Å². The minimum atomic E-state index is -0.534. The molecule has 0 saturated carbocycles. The standard InChI is InChI=1S/C18H23BN2O3S/c1-12(22)25-11-15(19-23-17(2,3)18(4,5)24-19)8-13-6-7-14(10-20)16(21)9-13/h6-9H,11,21H2,1-5H3. The first-order valence-corrected chi connectivity index (χ1v) is 9.03. The number of nitriles is 1. The van der Waals surface area contributed by atoms with Gasteiger partial charge < -0.3 is 15.0 Å². The van der Waals surface area contributed by atoms with Crippen molar-refractivity contribution >= 4 is 35.8 Å². The number of carbonyl (C=O) groups is 1. The molecule has 0 aromatic heterocycles. The van der Waals surface area contributed by atoms with Crippen molar-refractivity contribution in [3.05, 3.63) is 34.8 Å². The summed E-state index contributed by atoms with van der Waals surface area (Å²) in [5.74, 6) is 0.464. The van der Waals surface area contributed by atoms with Gasteiger partial charge in [-0.3, -0.25) is 4.79 Å². The largest absolute Gasteiger partial charge is 0.491 e. The quantitative estimate of drug-likeness (QED) is 0.656. The first-order valence-electron chi connectivity index (χ1n) is 8.05. The van der Waals surface area contributed by atoms with Crippen molar-refractivity contribution in [1.82, 2.24) is 0 Å². The van der Waals surface area contributed by atoms with E-state index in [9.17, 15) is 4.79 Å². The Kier molecular flexibility index (Phi) is 5.67. The van der Waals surface area contributed by atoms with Crippen LogP contribution in [0.15, 0.2) is 23.7 Å². The molecule has 0 atom stereocenters. The van der Waals surface area contributed by atoms with E-state index in [1.807, 2.05) is 45.9 Å². The Morgan fingerprint density at radius 3 is 2.40 bits per heavy atom. The molecule has 0 radical (unpaired) electrons. The highest BCUT2D eigenvalue weighted by Crippen LogP contribution is 2.39. The second kappa shape index (κ2) is 7.24. The van der Waals surface area contributed by atoms with Crippen LogP contribution in [0.1, 0.15) is 45.7 Å². The van der Waals surface area contributed by atoms with Crippen molar-refractivity contribution in [1.29, 1.82) is 5.26 Å². The number of rotatable bonds is 4. The molecule has 1 heterocycles. The summed E-state index contributed by atoms with van der Waals surface area (Å²) in [6.45, 7) is 9.49. The lowest BCUT2D eigenvalue weighted by Crippen LogP contribution is -2.41. The lowest BCUT2D eigenvalue weighted by atomic mass is 9.78. The fourth-order valence-electron chi connectivity index (χ4n) is 2.34. The molecule has 1 aromatic carbocycles. The number of thioether (sulfide) groups is 1. The van der Waals surface area contributed by atoms with E-state index in [4.69, 9.17) is 20.3 Å². The van der Waals surface area contributed by atoms with E-state index in [0.29, 0.717) is 17.0 Å². The van der Waals surface area contributed by atoms with Crippen LogP contribution in [0.5, 0.6) is 0 Å². The lowest BCUT2D eigenvalue weighted by molar-refractivity contribution is -0.109. The molecule has 1 fully saturated rings. The van der Waals surface area contributed by atoms with Crippen molar-refractivity contribution < 1.29 is 14.1 Å². The van der Waals surface area contributed by atoms with Crippen LogP contribution in [-0.2, 0) is 14.1 Å². The van der Waals surface area contributed by atoms with Crippen molar-refractivity contribution in [2.75, 3.05) is 11.5 Å². The number of nitrogen functional groups attached to an aromatic ring is 1. The van der Waals surface area contributed by atoms with Crippen LogP contribution in [0.2, 0.25) is 0 Å². The second-order valence-electron chi connectivity index (χ2n) is 7.05. The van der Waals surface area contributed by atoms with Gasteiger partial charge in [0.2, 0.25) is 0 Å². The summed E-state index contributed by atoms with van der Waals surface area (Å²) < 4.78 is 12.2. The molecule has 1 saturated heterocycles. The predicted octanol–water partition coefficient (Wildman–Crippen LogP) is 3.43. The van der Waals surface area contributed by atoms with Crippen LogP contribution in [0, 0.1) is 11.3 Å². The van der Waals surface area contributed by atoms with Crippen molar-refractivity contribution in [2.24, 2.45) is 0 Å². The molecule has 0 unspecified atom stereocenters. The summed E-state index contributed by atoms with van der Waals surface area (Å²) in [5, 5.41) is 9.03. The van der Waals surface area contributed by atoms with E-state index in [0.717, 1.165) is 11.0 Å². The number of anilines is 1. The van der Waals surface area contributed by atoms with Crippen molar-refractivity contribution in [3.8, 4) is 6.07 Å². The average Bonchev–Trinajstić information content (AvgIpc) is 2.71. The molecule has 1 aliphatic heterocycles. The van der Waals surface area contributed by atoms with E-state index >= 15 is 0 Å². The summed E-state index contributed by atoms with van der Waals surface area (Å²) in [6, 6.07) is 7.29. The van der Waals surface area contributed by atoms with Crippen LogP contribution >= 0.6 is 11.8 Å². The molecule has 1 aliphatic rings. The third-order valence-corrected chi connectivity index (χ3v) is 5.43. The van der Waals surface area contributed by atoms with Crippen LogP contribution in [0.25, 0.3) is 6.08 Å². The topological polar surface area (TPSA) is 85.3 Å². The van der Waals surface area contributed by atoms with E-state index in [1.165, 1.54) is 18.7 Å². The number of nitrogens with two attached hydrogens (primary N) is 1. The third kappa shape index (κ3) is 4.46. The highest BCUT2D eigenvalue weighted by atomic mass is 32.2. The summed E-state index contributed by atoms with van der Waals surface area (Å²) in [5.41, 5.74) is 7.53. The molecule has 2 rings (SSSR count). The van der Waals surface area contributed by atoms with Crippen LogP contribution in [0.4, 0.5) is 5.69 Å². The van der Waals surface area contributed by atoms with E-state index in [2.05, 4.69) is 0 Å². The molecule has 5 nitrogen and oxygen atoms in total. The molecule has 2 N–H and O–H groups in total. The summed E-state index contributed by atoms with van der Waals surface area (Å²) >= 11 is 1.21. The highest BCUT2D eigenvalue weighted by molar-refractivity contribution is 8.13. The Labute approximate surface area is 153 Å². The summed E-state index contributed by atoms with van der Waals surface area (Å²) in [4.78, 5) is 11.4. The van der Waals surface area contributed by atoms with Gasteiger partial charge in [0.15, 0.2) is 5.12 Å². The van der Waals surface area contributed by atoms with E-state index < -0.39 is 18.3 Å². The Morgan fingerprint density at radius 1 is 1.32 bits per heavy atom. The minimum Gasteiger partial charge on any atom is -0.400 e. The zero-order chi connectivity index (χ0) is 18.8. The predicted molar refractivity (Wildman–Crippen MR) is 103 cm³/mol. The van der Waals surface area contributed by atoms with Gasteiger partial charge in [-0.2, -0.15) is 5.26 Å². The molecule has 0 aliphatic carbocycles. The normalized spacial score (nSPS) is 18.9. The smallest absolute Gasteiger partial charge is 0.400 e. The zero-order valence-corrected chi connectivity index (χ0v) is 16.1. The van der Waals surface area contributed by atoms with Gasteiger partial charge in [0.05, 0.1) is 22.5 Å². The average molecular weight is 358 g/mol. The Bertz CT molecular complexity index is 737. The highest BCUT2D eigenvalue weighted by Gasteiger charge is 2.52. The van der Waals surface area contributed by atoms with Gasteiger partial charge in [-0.15, -0.1) is 0 Å². The number of hydrogen-bond acceptors (Lipinski definition) is 6. The fraction of sp³-hybridized carbons (Fsp3) is 0.444. The third-order valence-electron chi connectivity index (χ3n) is 4.55. The molecule has 7 heteroatoms. The van der Waals surface area contributed by atoms with Gasteiger partial charge in [0.25, 0.3) is 0 Å². The SMILES string of the molecule is CC(=O)SCC(=Cc1ccc(C#N)c(N)c1)B1OC(C)(C)C(C)(C)O1. The summed E-state index contributed by atoms with van der Waals surface area (Å²) in [6.07, 6.45) is 1.91. The number of carbonyl (C=O) groups excluding carboxylic acids is 1. The zero-order valence-electron chi connectivity index (χ0n) is 15.3. The van der Waals surface area contributed by atoms with E-state index in [1.54, 1.807) is 12.1 Å². The number of hydrogen-bond donors (Lipinski definition) is 1. The van der Waals surface area contributed by atoms with Crippen LogP contribution in [-0.4, -0.2) is 29.2 Å². The molecule has 132 valence electrons. The van der Waals surface area contributed by atoms with Crippen LogP contribution < -0.4 is 5.73 Å². The first-order chi connectivity index (χ1) is 11.6. The molecule has 25 heavy (non-hydrogen) atoms. The molecular formula is C18H23BN2O3S. The van der Waals surface area contributed by atoms with Gasteiger partial charge in [0, 0.05) is 12.7 Å². The van der Waals surface area contributed by atoms with Gasteiger partial charge in [0.1, 0.15) is 6.07 Å². The van der Waals surface area contributed by atoms with Crippen molar-refractivity contribution in [3.63, 3.8) is 0 Å². The van der Waals surface area contributed by atoms with Gasteiger partial charge in [-0.25, -0.2) is 0 Å². The second-order valence-corrected chi connectivity index (χ2v) is 8.20. The Balaban J connectivity index is 2.35. The maximum atomic E-state index is 11.4. The minimum absolute atomic E-state index is 0.0294. The number of benzene rings is 1. The lowest BCUT2D eigenvalue weighted by Gasteiger charge is -2.32. The molecular weight excluding hydrogens is 335 g/mol. The molecule has 0 spiro atoms. The first kappa shape index (κ1) is 19.6. The maximum Gasteiger partial charge on any atom is 0.491 e. The Hall–Kier alpha value is -1.75. The molecule has 0 bridgehead atoms. The van der Waals surface area contributed by atoms with Crippen molar-refractivity contribution in [2.45, 2.75) is 45.8 Å². The maximum absolute atomic E-state index is 11.4. The number of nitrogens with zero attached hydrogens (tertiary/aromatic N) is 1. The summed E-state index contributed by atoms with van der Waals surface area (Å²) in [7, 11) is -0.534. The van der Waals surface area contributed by atoms with Crippen LogP contribution in [0.3, 0.4) is 0 Å². The van der Waals surface area contributed by atoms with Gasteiger partial charge >= 0.3 is 7.12 Å². The molecule has 1 aromatic rings. The Morgan fingerprint density at radius 2 is 1.92 bits per heavy atom. The fourth-order valence-corrected chi connectivity index (χ4v) is 2.93. The van der Waals surface area contributed by atoms with Gasteiger partial charge in [-0.1, -0.05) is 23.9 Å². The monoisotopic (exact) mass is 358 g/mol.